The van der Waals surface area contributed by atoms with Gasteiger partial charge in [0.05, 0.1) is 0 Å². The molecular weight excluding hydrogens is 434 g/mol. The van der Waals surface area contributed by atoms with Gasteiger partial charge in [0.25, 0.3) is 0 Å². The fraction of sp³-hybridized carbons (Fsp3) is 0.286. The van der Waals surface area contributed by atoms with Crippen molar-refractivity contribution in [1.29, 1.82) is 0 Å². The van der Waals surface area contributed by atoms with Gasteiger partial charge in [-0.15, -0.1) is 0 Å². The average molecular weight is 464 g/mol. The summed E-state index contributed by atoms with van der Waals surface area (Å²) in [5.74, 6) is 7.11. The normalized spacial score (nSPS) is 10.7. The third kappa shape index (κ3) is 8.57. The third-order valence-corrected chi connectivity index (χ3v) is 5.07. The molecule has 0 amide bonds. The van der Waals surface area contributed by atoms with Crippen molar-refractivity contribution in [2.24, 2.45) is 0 Å². The van der Waals surface area contributed by atoms with Gasteiger partial charge in [0.15, 0.2) is 6.29 Å². The van der Waals surface area contributed by atoms with Crippen LogP contribution < -0.4 is 10.1 Å². The van der Waals surface area contributed by atoms with E-state index in [-0.39, 0.29) is 6.29 Å². The van der Waals surface area contributed by atoms with E-state index in [4.69, 9.17) is 25.8 Å². The monoisotopic (exact) mass is 463 g/mol. The van der Waals surface area contributed by atoms with E-state index in [2.05, 4.69) is 41.4 Å². The van der Waals surface area contributed by atoms with Crippen LogP contribution in [-0.2, 0) is 16.0 Å². The van der Waals surface area contributed by atoms with E-state index < -0.39 is 0 Å². The van der Waals surface area contributed by atoms with Crippen molar-refractivity contribution in [2.75, 3.05) is 26.4 Å². The zero-order valence-electron chi connectivity index (χ0n) is 19.1. The van der Waals surface area contributed by atoms with Crippen LogP contribution in [0.4, 0.5) is 0 Å². The minimum atomic E-state index is -0.301. The van der Waals surface area contributed by atoms with Gasteiger partial charge in [-0.2, -0.15) is 0 Å². The van der Waals surface area contributed by atoms with E-state index in [9.17, 15) is 0 Å². The van der Waals surface area contributed by atoms with Gasteiger partial charge in [-0.25, -0.2) is 0 Å². The first-order valence-electron chi connectivity index (χ1n) is 11.2. The standard InChI is InChI=1S/C28H30ClNO3/c1-3-31-28(32-4-2)25-13-7-24(8-14-25)21-30-19-20-33-27-17-11-23(12-18-27)6-5-22-9-15-26(29)16-10-22/h7-18,28,30H,3-4,19-21H2,1-2H3. The lowest BCUT2D eigenvalue weighted by atomic mass is 10.1. The van der Waals surface area contributed by atoms with Gasteiger partial charge >= 0.3 is 0 Å². The summed E-state index contributed by atoms with van der Waals surface area (Å²) >= 11 is 5.90. The molecule has 0 aliphatic carbocycles. The molecule has 1 N–H and O–H groups in total. The lowest BCUT2D eigenvalue weighted by Gasteiger charge is -2.17. The molecule has 0 unspecified atom stereocenters. The van der Waals surface area contributed by atoms with Crippen LogP contribution in [0.1, 0.15) is 42.4 Å². The zero-order valence-corrected chi connectivity index (χ0v) is 19.9. The molecule has 0 aliphatic heterocycles. The number of benzene rings is 3. The molecule has 0 atom stereocenters. The molecule has 3 aromatic carbocycles. The van der Waals surface area contributed by atoms with Crippen LogP contribution in [0.25, 0.3) is 0 Å². The highest BCUT2D eigenvalue weighted by molar-refractivity contribution is 6.30. The van der Waals surface area contributed by atoms with E-state index in [1.807, 2.05) is 62.4 Å². The molecule has 4 nitrogen and oxygen atoms in total. The Kier molecular flexibility index (Phi) is 10.3. The minimum Gasteiger partial charge on any atom is -0.492 e. The van der Waals surface area contributed by atoms with Crippen molar-refractivity contribution < 1.29 is 14.2 Å². The van der Waals surface area contributed by atoms with Gasteiger partial charge in [0.2, 0.25) is 0 Å². The Labute approximate surface area is 201 Å². The summed E-state index contributed by atoms with van der Waals surface area (Å²) in [6.07, 6.45) is -0.301. The van der Waals surface area contributed by atoms with Gasteiger partial charge in [-0.05, 0) is 67.9 Å². The van der Waals surface area contributed by atoms with Gasteiger partial charge in [-0.3, -0.25) is 0 Å². The van der Waals surface area contributed by atoms with Crippen LogP contribution in [0.5, 0.6) is 5.75 Å². The Balaban J connectivity index is 1.38. The Morgan fingerprint density at radius 2 is 1.36 bits per heavy atom. The summed E-state index contributed by atoms with van der Waals surface area (Å²) in [6, 6.07) is 23.6. The largest absolute Gasteiger partial charge is 0.492 e. The Morgan fingerprint density at radius 1 is 0.788 bits per heavy atom. The van der Waals surface area contributed by atoms with Crippen LogP contribution in [-0.4, -0.2) is 26.4 Å². The smallest absolute Gasteiger partial charge is 0.183 e. The van der Waals surface area contributed by atoms with Gasteiger partial charge in [-0.1, -0.05) is 47.7 Å². The summed E-state index contributed by atoms with van der Waals surface area (Å²) in [5.41, 5.74) is 4.11. The summed E-state index contributed by atoms with van der Waals surface area (Å²) in [6.45, 7) is 7.29. The average Bonchev–Trinajstić information content (AvgIpc) is 2.84. The predicted octanol–water partition coefficient (Wildman–Crippen LogP) is 5.98. The maximum Gasteiger partial charge on any atom is 0.183 e. The molecular formula is C28H30ClNO3. The Morgan fingerprint density at radius 3 is 1.94 bits per heavy atom. The molecule has 0 fully saturated rings. The molecule has 172 valence electrons. The maximum absolute atomic E-state index is 5.90. The summed E-state index contributed by atoms with van der Waals surface area (Å²) < 4.78 is 17.1. The van der Waals surface area contributed by atoms with E-state index in [1.165, 1.54) is 5.56 Å². The zero-order chi connectivity index (χ0) is 23.3. The number of ether oxygens (including phenoxy) is 3. The van der Waals surface area contributed by atoms with E-state index in [0.29, 0.717) is 24.8 Å². The number of halogens is 1. The Hall–Kier alpha value is -2.81. The van der Waals surface area contributed by atoms with Crippen molar-refractivity contribution >= 4 is 11.6 Å². The number of hydrogen-bond acceptors (Lipinski definition) is 4. The SMILES string of the molecule is CCOC(OCC)c1ccc(CNCCOc2ccc(C#Cc3ccc(Cl)cc3)cc2)cc1. The van der Waals surface area contributed by atoms with Gasteiger partial charge < -0.3 is 19.5 Å². The van der Waals surface area contributed by atoms with Crippen molar-refractivity contribution in [2.45, 2.75) is 26.7 Å². The lowest BCUT2D eigenvalue weighted by molar-refractivity contribution is -0.140. The second kappa shape index (κ2) is 13.7. The topological polar surface area (TPSA) is 39.7 Å². The highest BCUT2D eigenvalue weighted by atomic mass is 35.5. The van der Waals surface area contributed by atoms with Gasteiger partial charge in [0, 0.05) is 48.0 Å². The summed E-state index contributed by atoms with van der Waals surface area (Å²) in [4.78, 5) is 0. The number of nitrogens with one attached hydrogen (secondary N) is 1. The maximum atomic E-state index is 5.90. The van der Waals surface area contributed by atoms with Crippen molar-refractivity contribution in [3.8, 4) is 17.6 Å². The van der Waals surface area contributed by atoms with Crippen LogP contribution in [0, 0.1) is 11.8 Å². The molecule has 0 bridgehead atoms. The second-order valence-electron chi connectivity index (χ2n) is 7.29. The molecule has 0 aromatic heterocycles. The predicted molar refractivity (Wildman–Crippen MR) is 134 cm³/mol. The molecule has 0 saturated carbocycles. The molecule has 33 heavy (non-hydrogen) atoms. The van der Waals surface area contributed by atoms with E-state index in [1.54, 1.807) is 0 Å². The molecule has 0 aliphatic rings. The fourth-order valence-electron chi connectivity index (χ4n) is 3.12. The number of rotatable bonds is 11. The third-order valence-electron chi connectivity index (χ3n) is 4.81. The molecule has 0 radical (unpaired) electrons. The van der Waals surface area contributed by atoms with Crippen molar-refractivity contribution in [3.05, 3.63) is 100 Å². The first kappa shape index (κ1) is 24.8. The van der Waals surface area contributed by atoms with Gasteiger partial charge in [0.1, 0.15) is 12.4 Å². The highest BCUT2D eigenvalue weighted by Gasteiger charge is 2.10. The Bertz CT molecular complexity index is 1020. The molecule has 3 rings (SSSR count). The quantitative estimate of drug-likeness (QED) is 0.216. The first-order chi connectivity index (χ1) is 16.2. The molecule has 3 aromatic rings. The van der Waals surface area contributed by atoms with Crippen LogP contribution in [0.3, 0.4) is 0 Å². The second-order valence-corrected chi connectivity index (χ2v) is 7.73. The van der Waals surface area contributed by atoms with Crippen LogP contribution in [0.2, 0.25) is 5.02 Å². The lowest BCUT2D eigenvalue weighted by Crippen LogP contribution is -2.20. The molecule has 0 saturated heterocycles. The van der Waals surface area contributed by atoms with Crippen molar-refractivity contribution in [1.82, 2.24) is 5.32 Å². The van der Waals surface area contributed by atoms with Crippen LogP contribution in [0.15, 0.2) is 72.8 Å². The molecule has 0 heterocycles. The molecule has 5 heteroatoms. The minimum absolute atomic E-state index is 0.301. The van der Waals surface area contributed by atoms with Crippen molar-refractivity contribution in [3.63, 3.8) is 0 Å². The van der Waals surface area contributed by atoms with E-state index in [0.717, 1.165) is 35.5 Å². The van der Waals surface area contributed by atoms with Crippen LogP contribution >= 0.6 is 11.6 Å². The summed E-state index contributed by atoms with van der Waals surface area (Å²) in [5, 5.41) is 4.12. The number of hydrogen-bond donors (Lipinski definition) is 1. The first-order valence-corrected chi connectivity index (χ1v) is 11.6. The summed E-state index contributed by atoms with van der Waals surface area (Å²) in [7, 11) is 0. The molecule has 0 spiro atoms. The highest BCUT2D eigenvalue weighted by Crippen LogP contribution is 2.19. The fourth-order valence-corrected chi connectivity index (χ4v) is 3.25. The van der Waals surface area contributed by atoms with E-state index >= 15 is 0 Å².